The summed E-state index contributed by atoms with van der Waals surface area (Å²) in [7, 11) is 0. The number of hydrogen-bond acceptors (Lipinski definition) is 5. The van der Waals surface area contributed by atoms with E-state index >= 15 is 0 Å². The molecule has 2 aromatic carbocycles. The van der Waals surface area contributed by atoms with Gasteiger partial charge in [0.15, 0.2) is 6.61 Å². The minimum absolute atomic E-state index is 0.133. The summed E-state index contributed by atoms with van der Waals surface area (Å²) in [6, 6.07) is 13.6. The van der Waals surface area contributed by atoms with E-state index in [0.29, 0.717) is 39.6 Å². The molecule has 29 heavy (non-hydrogen) atoms. The van der Waals surface area contributed by atoms with E-state index in [-0.39, 0.29) is 24.6 Å². The maximum Gasteiger partial charge on any atom is 0.260 e. The fourth-order valence-electron chi connectivity index (χ4n) is 2.89. The van der Waals surface area contributed by atoms with Crippen LogP contribution in [0, 0.1) is 11.3 Å². The van der Waals surface area contributed by atoms with Gasteiger partial charge in [0.1, 0.15) is 17.6 Å². The summed E-state index contributed by atoms with van der Waals surface area (Å²) in [5, 5.41) is 10.0. The van der Waals surface area contributed by atoms with Gasteiger partial charge in [0.05, 0.1) is 23.0 Å². The van der Waals surface area contributed by atoms with E-state index in [9.17, 15) is 9.59 Å². The third-order valence-corrected chi connectivity index (χ3v) is 4.50. The molecule has 0 aliphatic heterocycles. The normalized spacial score (nSPS) is 10.5. The lowest BCUT2D eigenvalue weighted by Gasteiger charge is -2.22. The van der Waals surface area contributed by atoms with Crippen LogP contribution in [0.3, 0.4) is 0 Å². The number of carbonyl (C=O) groups excluding carboxylic acids is 1. The summed E-state index contributed by atoms with van der Waals surface area (Å²) in [5.74, 6) is 0.448. The summed E-state index contributed by atoms with van der Waals surface area (Å²) >= 11 is 6.00. The number of nitrogens with zero attached hydrogens (tertiary/aromatic N) is 3. The van der Waals surface area contributed by atoms with Gasteiger partial charge in [-0.05, 0) is 36.8 Å². The van der Waals surface area contributed by atoms with Crippen molar-refractivity contribution >= 4 is 28.4 Å². The molecule has 148 valence electrons. The van der Waals surface area contributed by atoms with Crippen molar-refractivity contribution in [3.63, 3.8) is 0 Å². The van der Waals surface area contributed by atoms with Gasteiger partial charge in [0.25, 0.3) is 11.5 Å². The highest BCUT2D eigenvalue weighted by Crippen LogP contribution is 2.17. The molecule has 0 saturated heterocycles. The first kappa shape index (κ1) is 20.4. The van der Waals surface area contributed by atoms with Gasteiger partial charge in [-0.3, -0.25) is 9.59 Å². The smallest absolute Gasteiger partial charge is 0.260 e. The molecule has 0 unspecified atom stereocenters. The Labute approximate surface area is 172 Å². The summed E-state index contributed by atoms with van der Waals surface area (Å²) in [4.78, 5) is 33.7. The number of aromatic amines is 1. The third kappa shape index (κ3) is 4.92. The number of rotatable bonds is 7. The van der Waals surface area contributed by atoms with Crippen LogP contribution in [0.15, 0.2) is 47.3 Å². The molecule has 1 amide bonds. The Morgan fingerprint density at radius 2 is 2.10 bits per heavy atom. The van der Waals surface area contributed by atoms with Gasteiger partial charge in [-0.25, -0.2) is 4.98 Å². The molecule has 3 aromatic rings. The molecular formula is C21H19ClN4O3. The van der Waals surface area contributed by atoms with Gasteiger partial charge in [-0.15, -0.1) is 0 Å². The van der Waals surface area contributed by atoms with Crippen molar-refractivity contribution in [2.45, 2.75) is 19.9 Å². The number of aromatic nitrogens is 2. The molecular weight excluding hydrogens is 392 g/mol. The topological polar surface area (TPSA) is 99.1 Å². The quantitative estimate of drug-likeness (QED) is 0.644. The molecule has 0 saturated carbocycles. The van der Waals surface area contributed by atoms with E-state index in [4.69, 9.17) is 21.6 Å². The first-order valence-electron chi connectivity index (χ1n) is 9.10. The number of amides is 1. The predicted octanol–water partition coefficient (Wildman–Crippen LogP) is 3.27. The number of hydrogen-bond donors (Lipinski definition) is 1. The molecule has 1 heterocycles. The fraction of sp³-hybridized carbons (Fsp3) is 0.238. The lowest BCUT2D eigenvalue weighted by molar-refractivity contribution is -0.134. The Morgan fingerprint density at radius 1 is 1.31 bits per heavy atom. The second-order valence-corrected chi connectivity index (χ2v) is 6.82. The van der Waals surface area contributed by atoms with Gasteiger partial charge in [-0.2, -0.15) is 5.26 Å². The minimum Gasteiger partial charge on any atom is -0.482 e. The Balaban J connectivity index is 1.77. The fourth-order valence-corrected chi connectivity index (χ4v) is 3.06. The zero-order chi connectivity index (χ0) is 20.8. The van der Waals surface area contributed by atoms with Crippen LogP contribution in [0.2, 0.25) is 5.02 Å². The van der Waals surface area contributed by atoms with Crippen LogP contribution in [0.25, 0.3) is 10.9 Å². The molecule has 0 radical (unpaired) electrons. The van der Waals surface area contributed by atoms with Crippen molar-refractivity contribution < 1.29 is 9.53 Å². The van der Waals surface area contributed by atoms with Crippen molar-refractivity contribution in [2.75, 3.05) is 13.2 Å². The van der Waals surface area contributed by atoms with Crippen LogP contribution in [0.4, 0.5) is 0 Å². The van der Waals surface area contributed by atoms with Crippen LogP contribution >= 0.6 is 11.6 Å². The highest BCUT2D eigenvalue weighted by Gasteiger charge is 2.17. The predicted molar refractivity (Wildman–Crippen MR) is 110 cm³/mol. The van der Waals surface area contributed by atoms with E-state index in [1.807, 2.05) is 13.0 Å². The van der Waals surface area contributed by atoms with Crippen molar-refractivity contribution in [3.05, 3.63) is 69.2 Å². The number of benzene rings is 2. The number of carbonyl (C=O) groups is 1. The Kier molecular flexibility index (Phi) is 6.47. The molecule has 0 bridgehead atoms. The first-order valence-corrected chi connectivity index (χ1v) is 9.47. The monoisotopic (exact) mass is 410 g/mol. The maximum absolute atomic E-state index is 12.7. The van der Waals surface area contributed by atoms with Crippen molar-refractivity contribution in [1.29, 1.82) is 5.26 Å². The second-order valence-electron chi connectivity index (χ2n) is 6.39. The van der Waals surface area contributed by atoms with Crippen molar-refractivity contribution in [1.82, 2.24) is 14.9 Å². The Morgan fingerprint density at radius 3 is 2.86 bits per heavy atom. The van der Waals surface area contributed by atoms with Crippen molar-refractivity contribution in [2.24, 2.45) is 0 Å². The van der Waals surface area contributed by atoms with Gasteiger partial charge >= 0.3 is 0 Å². The molecule has 1 N–H and O–H groups in total. The molecule has 0 atom stereocenters. The number of H-pyrrole nitrogens is 1. The second kappa shape index (κ2) is 9.22. The van der Waals surface area contributed by atoms with Crippen LogP contribution in [0.1, 0.15) is 24.7 Å². The Bertz CT molecular complexity index is 1140. The summed E-state index contributed by atoms with van der Waals surface area (Å²) in [6.07, 6.45) is 0.726. The number of halogens is 1. The molecule has 0 spiro atoms. The average molecular weight is 411 g/mol. The number of fused-ring (bicyclic) bond motifs is 1. The summed E-state index contributed by atoms with van der Waals surface area (Å²) in [5.41, 5.74) is 0.545. The number of nitriles is 1. The average Bonchev–Trinajstić information content (AvgIpc) is 2.71. The van der Waals surface area contributed by atoms with Crippen LogP contribution in [-0.4, -0.2) is 33.9 Å². The zero-order valence-corrected chi connectivity index (χ0v) is 16.6. The van der Waals surface area contributed by atoms with Gasteiger partial charge < -0.3 is 14.6 Å². The minimum atomic E-state index is -0.287. The van der Waals surface area contributed by atoms with Gasteiger partial charge in [-0.1, -0.05) is 30.7 Å². The van der Waals surface area contributed by atoms with Crippen LogP contribution < -0.4 is 10.3 Å². The standard InChI is InChI=1S/C21H19ClN4O3/c1-2-9-26(20(27)13-29-18-6-4-3-5-14(18)11-23)12-19-24-17-10-15(22)7-8-16(17)21(28)25-19/h3-8,10H,2,9,12-13H2,1H3,(H,24,25,28). The molecule has 0 aliphatic rings. The van der Waals surface area contributed by atoms with E-state index < -0.39 is 0 Å². The third-order valence-electron chi connectivity index (χ3n) is 4.26. The van der Waals surface area contributed by atoms with Gasteiger partial charge in [0.2, 0.25) is 0 Å². The lowest BCUT2D eigenvalue weighted by Crippen LogP contribution is -2.36. The molecule has 3 rings (SSSR count). The lowest BCUT2D eigenvalue weighted by atomic mass is 10.2. The van der Waals surface area contributed by atoms with E-state index in [0.717, 1.165) is 6.42 Å². The SMILES string of the molecule is CCCN(Cc1nc2cc(Cl)ccc2c(=O)[nH]1)C(=O)COc1ccccc1C#N. The van der Waals surface area contributed by atoms with Crippen LogP contribution in [0.5, 0.6) is 5.75 Å². The van der Waals surface area contributed by atoms with Crippen molar-refractivity contribution in [3.8, 4) is 11.8 Å². The molecule has 7 nitrogen and oxygen atoms in total. The van der Waals surface area contributed by atoms with Gasteiger partial charge in [0, 0.05) is 11.6 Å². The summed E-state index contributed by atoms with van der Waals surface area (Å²) in [6.45, 7) is 2.33. The number of nitrogens with one attached hydrogen (secondary N) is 1. The maximum atomic E-state index is 12.7. The summed E-state index contributed by atoms with van der Waals surface area (Å²) < 4.78 is 5.54. The molecule has 8 heteroatoms. The highest BCUT2D eigenvalue weighted by molar-refractivity contribution is 6.31. The Hall–Kier alpha value is -3.37. The van der Waals surface area contributed by atoms with E-state index in [1.165, 1.54) is 0 Å². The van der Waals surface area contributed by atoms with Crippen LogP contribution in [-0.2, 0) is 11.3 Å². The number of ether oxygens (including phenoxy) is 1. The largest absolute Gasteiger partial charge is 0.482 e. The zero-order valence-electron chi connectivity index (χ0n) is 15.8. The first-order chi connectivity index (χ1) is 14.0. The highest BCUT2D eigenvalue weighted by atomic mass is 35.5. The molecule has 0 fully saturated rings. The number of para-hydroxylation sites is 1. The van der Waals surface area contributed by atoms with E-state index in [1.54, 1.807) is 47.4 Å². The molecule has 0 aliphatic carbocycles. The van der Waals surface area contributed by atoms with E-state index in [2.05, 4.69) is 9.97 Å². The molecule has 1 aromatic heterocycles.